The lowest BCUT2D eigenvalue weighted by atomic mass is 9.58. The van der Waals surface area contributed by atoms with Crippen molar-refractivity contribution >= 4 is 22.6 Å². The Morgan fingerprint density at radius 2 is 1.79 bits per heavy atom. The van der Waals surface area contributed by atoms with Crippen molar-refractivity contribution in [2.24, 2.45) is 11.1 Å². The zero-order valence-corrected chi connectivity index (χ0v) is 13.4. The van der Waals surface area contributed by atoms with Gasteiger partial charge in [0.15, 0.2) is 0 Å². The van der Waals surface area contributed by atoms with Gasteiger partial charge in [0.2, 0.25) is 0 Å². The van der Waals surface area contributed by atoms with Crippen molar-refractivity contribution in [1.29, 1.82) is 0 Å². The van der Waals surface area contributed by atoms with Crippen LogP contribution in [0, 0.1) is 8.99 Å². The number of halogens is 1. The number of rotatable bonds is 2. The quantitative estimate of drug-likeness (QED) is 0.795. The van der Waals surface area contributed by atoms with Crippen molar-refractivity contribution in [3.8, 4) is 5.75 Å². The average Bonchev–Trinajstić information content (AvgIpc) is 2.68. The molecule has 2 nitrogen and oxygen atoms in total. The van der Waals surface area contributed by atoms with E-state index in [4.69, 9.17) is 10.5 Å². The molecule has 2 aliphatic carbocycles. The Morgan fingerprint density at radius 1 is 1.11 bits per heavy atom. The molecule has 19 heavy (non-hydrogen) atoms. The van der Waals surface area contributed by atoms with Gasteiger partial charge in [-0.3, -0.25) is 0 Å². The van der Waals surface area contributed by atoms with Gasteiger partial charge < -0.3 is 10.5 Å². The maximum Gasteiger partial charge on any atom is 0.133 e. The second-order valence-corrected chi connectivity index (χ2v) is 7.19. The van der Waals surface area contributed by atoms with Crippen molar-refractivity contribution in [2.75, 3.05) is 0 Å². The second kappa shape index (κ2) is 5.60. The van der Waals surface area contributed by atoms with E-state index in [0.717, 1.165) is 12.2 Å². The molecule has 1 aromatic carbocycles. The molecule has 0 amide bonds. The van der Waals surface area contributed by atoms with E-state index >= 15 is 0 Å². The van der Waals surface area contributed by atoms with Crippen LogP contribution in [0.15, 0.2) is 24.3 Å². The first kappa shape index (κ1) is 13.7. The zero-order chi connectivity index (χ0) is 13.3. The summed E-state index contributed by atoms with van der Waals surface area (Å²) in [7, 11) is 0. The molecular weight excluding hydrogens is 349 g/mol. The molecule has 1 aromatic rings. The molecule has 0 bridgehead atoms. The Kier molecular flexibility index (Phi) is 4.03. The van der Waals surface area contributed by atoms with Crippen LogP contribution in [0.1, 0.15) is 44.9 Å². The van der Waals surface area contributed by atoms with Crippen molar-refractivity contribution in [3.05, 3.63) is 27.8 Å². The third kappa shape index (κ3) is 2.51. The molecule has 2 saturated carbocycles. The van der Waals surface area contributed by atoms with Crippen LogP contribution >= 0.6 is 22.6 Å². The molecule has 2 N–H and O–H groups in total. The van der Waals surface area contributed by atoms with E-state index in [9.17, 15) is 0 Å². The molecule has 0 saturated heterocycles. The van der Waals surface area contributed by atoms with E-state index in [1.165, 1.54) is 42.1 Å². The summed E-state index contributed by atoms with van der Waals surface area (Å²) in [6.07, 6.45) is 9.22. The van der Waals surface area contributed by atoms with Crippen molar-refractivity contribution in [3.63, 3.8) is 0 Å². The summed E-state index contributed by atoms with van der Waals surface area (Å²) in [4.78, 5) is 0. The highest BCUT2D eigenvalue weighted by Crippen LogP contribution is 2.51. The summed E-state index contributed by atoms with van der Waals surface area (Å²) < 4.78 is 7.51. The lowest BCUT2D eigenvalue weighted by molar-refractivity contribution is -0.0774. The molecule has 0 heterocycles. The third-order valence-corrected chi connectivity index (χ3v) is 5.88. The van der Waals surface area contributed by atoms with Gasteiger partial charge in [0.25, 0.3) is 0 Å². The van der Waals surface area contributed by atoms with Crippen LogP contribution in [0.4, 0.5) is 0 Å². The zero-order valence-electron chi connectivity index (χ0n) is 11.3. The van der Waals surface area contributed by atoms with Gasteiger partial charge in [-0.05, 0) is 47.6 Å². The summed E-state index contributed by atoms with van der Waals surface area (Å²) in [5, 5.41) is 0. The van der Waals surface area contributed by atoms with Gasteiger partial charge in [-0.2, -0.15) is 0 Å². The highest BCUT2D eigenvalue weighted by molar-refractivity contribution is 14.1. The summed E-state index contributed by atoms with van der Waals surface area (Å²) in [5.41, 5.74) is 6.62. The maximum absolute atomic E-state index is 6.36. The molecule has 0 aromatic heterocycles. The Hall–Kier alpha value is -0.290. The summed E-state index contributed by atoms with van der Waals surface area (Å²) >= 11 is 2.35. The molecule has 0 radical (unpaired) electrons. The first-order chi connectivity index (χ1) is 9.22. The summed E-state index contributed by atoms with van der Waals surface area (Å²) in [6.45, 7) is 0. The molecule has 0 aliphatic heterocycles. The minimum Gasteiger partial charge on any atom is -0.489 e. The van der Waals surface area contributed by atoms with Gasteiger partial charge in [0.1, 0.15) is 11.9 Å². The van der Waals surface area contributed by atoms with Crippen LogP contribution in [0.2, 0.25) is 0 Å². The lowest BCUT2D eigenvalue weighted by Crippen LogP contribution is -2.63. The Labute approximate surface area is 129 Å². The van der Waals surface area contributed by atoms with Crippen LogP contribution in [-0.4, -0.2) is 12.1 Å². The average molecular weight is 371 g/mol. The molecule has 2 unspecified atom stereocenters. The molecule has 2 aliphatic rings. The predicted molar refractivity (Wildman–Crippen MR) is 86.3 cm³/mol. The Bertz CT molecular complexity index is 440. The summed E-state index contributed by atoms with van der Waals surface area (Å²) in [6, 6.07) is 8.64. The molecule has 3 rings (SSSR count). The second-order valence-electron chi connectivity index (χ2n) is 6.03. The minimum absolute atomic E-state index is 0.259. The first-order valence-corrected chi connectivity index (χ1v) is 8.47. The fourth-order valence-corrected chi connectivity index (χ4v) is 4.23. The van der Waals surface area contributed by atoms with Gasteiger partial charge in [-0.15, -0.1) is 0 Å². The van der Waals surface area contributed by atoms with E-state index in [0.29, 0.717) is 12.1 Å². The number of para-hydroxylation sites is 1. The predicted octanol–water partition coefficient (Wildman–Crippen LogP) is 4.11. The van der Waals surface area contributed by atoms with Gasteiger partial charge in [-0.1, -0.05) is 37.8 Å². The fourth-order valence-electron chi connectivity index (χ4n) is 3.72. The normalized spacial score (nSPS) is 29.6. The van der Waals surface area contributed by atoms with Gasteiger partial charge in [-0.25, -0.2) is 0 Å². The van der Waals surface area contributed by atoms with E-state index in [2.05, 4.69) is 46.9 Å². The molecular formula is C16H22INO. The molecule has 104 valence electrons. The topological polar surface area (TPSA) is 35.2 Å². The smallest absolute Gasteiger partial charge is 0.133 e. The van der Waals surface area contributed by atoms with E-state index < -0.39 is 0 Å². The lowest BCUT2D eigenvalue weighted by Gasteiger charge is -2.54. The summed E-state index contributed by atoms with van der Waals surface area (Å²) in [5.74, 6) is 1.03. The van der Waals surface area contributed by atoms with Gasteiger partial charge >= 0.3 is 0 Å². The highest BCUT2D eigenvalue weighted by Gasteiger charge is 2.54. The molecule has 1 spiro atoms. The standard InChI is InChI=1S/C16H22INO/c17-12-7-3-4-8-13(12)19-15-11-14(18)16(15)9-5-1-2-6-10-16/h3-4,7-8,14-15H,1-2,5-6,9-11,18H2. The van der Waals surface area contributed by atoms with E-state index in [1.54, 1.807) is 0 Å². The first-order valence-electron chi connectivity index (χ1n) is 7.39. The molecule has 3 heteroatoms. The van der Waals surface area contributed by atoms with E-state index in [1.807, 2.05) is 0 Å². The van der Waals surface area contributed by atoms with Crippen LogP contribution in [-0.2, 0) is 0 Å². The Morgan fingerprint density at radius 3 is 2.42 bits per heavy atom. The number of benzene rings is 1. The number of hydrogen-bond donors (Lipinski definition) is 1. The third-order valence-electron chi connectivity index (χ3n) is 4.99. The maximum atomic E-state index is 6.36. The van der Waals surface area contributed by atoms with Gasteiger partial charge in [0, 0.05) is 17.9 Å². The van der Waals surface area contributed by atoms with Crippen molar-refractivity contribution < 1.29 is 4.74 Å². The molecule has 2 fully saturated rings. The van der Waals surface area contributed by atoms with Crippen molar-refractivity contribution in [2.45, 2.75) is 57.1 Å². The van der Waals surface area contributed by atoms with Crippen LogP contribution in [0.5, 0.6) is 5.75 Å². The van der Waals surface area contributed by atoms with Crippen LogP contribution in [0.3, 0.4) is 0 Å². The fraction of sp³-hybridized carbons (Fsp3) is 0.625. The minimum atomic E-state index is 0.259. The van der Waals surface area contributed by atoms with Crippen molar-refractivity contribution in [1.82, 2.24) is 0 Å². The number of hydrogen-bond acceptors (Lipinski definition) is 2. The van der Waals surface area contributed by atoms with Crippen LogP contribution < -0.4 is 10.5 Å². The largest absolute Gasteiger partial charge is 0.489 e. The van der Waals surface area contributed by atoms with Crippen LogP contribution in [0.25, 0.3) is 0 Å². The number of ether oxygens (including phenoxy) is 1. The number of nitrogens with two attached hydrogens (primary N) is 1. The Balaban J connectivity index is 1.76. The highest BCUT2D eigenvalue weighted by atomic mass is 127. The van der Waals surface area contributed by atoms with E-state index in [-0.39, 0.29) is 5.41 Å². The SMILES string of the molecule is NC1CC(Oc2ccccc2I)C12CCCCCC2. The monoisotopic (exact) mass is 371 g/mol. The molecule has 2 atom stereocenters. The van der Waals surface area contributed by atoms with Gasteiger partial charge in [0.05, 0.1) is 3.57 Å².